The third kappa shape index (κ3) is 2.30. The molecule has 0 bridgehead atoms. The molecule has 0 heterocycles. The maximum atomic E-state index is 6.14. The van der Waals surface area contributed by atoms with Crippen molar-refractivity contribution in [3.8, 4) is 0 Å². The van der Waals surface area contributed by atoms with Gasteiger partial charge in [-0.3, -0.25) is 0 Å². The van der Waals surface area contributed by atoms with Gasteiger partial charge in [-0.25, -0.2) is 0 Å². The first-order valence-corrected chi connectivity index (χ1v) is 5.94. The quantitative estimate of drug-likeness (QED) is 0.633. The number of hydrogen-bond donors (Lipinski definition) is 0. The maximum absolute atomic E-state index is 6.14. The van der Waals surface area contributed by atoms with Crippen LogP contribution in [0.2, 0.25) is 0 Å². The fourth-order valence-corrected chi connectivity index (χ4v) is 2.51. The molecule has 0 saturated carbocycles. The van der Waals surface area contributed by atoms with Crippen LogP contribution in [0.3, 0.4) is 0 Å². The highest BCUT2D eigenvalue weighted by Gasteiger charge is 2.27. The van der Waals surface area contributed by atoms with Crippen LogP contribution in [0.25, 0.3) is 0 Å². The fourth-order valence-electron chi connectivity index (χ4n) is 2.03. The van der Waals surface area contributed by atoms with Gasteiger partial charge < -0.3 is 0 Å². The number of halogens is 1. The second-order valence-corrected chi connectivity index (χ2v) is 4.15. The third-order valence-corrected chi connectivity index (χ3v) is 3.56. The van der Waals surface area contributed by atoms with Gasteiger partial charge in [0.05, 0.1) is 0 Å². The lowest BCUT2D eigenvalue weighted by molar-refractivity contribution is 0.419. The van der Waals surface area contributed by atoms with E-state index in [1.165, 1.54) is 18.4 Å². The van der Waals surface area contributed by atoms with E-state index >= 15 is 0 Å². The van der Waals surface area contributed by atoms with Crippen LogP contribution in [0.15, 0.2) is 30.3 Å². The molecule has 0 aliphatic carbocycles. The molecule has 0 aliphatic rings. The minimum Gasteiger partial charge on any atom is -0.126 e. The molecule has 0 aromatic heterocycles. The Kier molecular flexibility index (Phi) is 4.47. The fraction of sp³-hybridized carbons (Fsp3) is 0.538. The van der Waals surface area contributed by atoms with E-state index in [1.807, 2.05) is 0 Å². The zero-order chi connectivity index (χ0) is 10.4. The van der Waals surface area contributed by atoms with E-state index in [2.05, 4.69) is 44.2 Å². The largest absolute Gasteiger partial charge is 0.126 e. The number of alkyl halides is 1. The van der Waals surface area contributed by atoms with Crippen LogP contribution in [0.1, 0.15) is 38.7 Å². The Labute approximate surface area is 92.3 Å². The average Bonchev–Trinajstić information content (AvgIpc) is 2.27. The molecule has 0 N–H and O–H groups in total. The zero-order valence-corrected chi connectivity index (χ0v) is 9.85. The number of benzene rings is 1. The smallest absolute Gasteiger partial charge is 0.0320 e. The van der Waals surface area contributed by atoms with Crippen molar-refractivity contribution in [3.63, 3.8) is 0 Å². The molecule has 14 heavy (non-hydrogen) atoms. The van der Waals surface area contributed by atoms with Gasteiger partial charge in [0.25, 0.3) is 0 Å². The summed E-state index contributed by atoms with van der Waals surface area (Å²) in [6.07, 6.45) is 3.49. The van der Waals surface area contributed by atoms with Gasteiger partial charge in [-0.15, -0.1) is 11.6 Å². The second-order valence-electron chi connectivity index (χ2n) is 3.88. The predicted molar refractivity (Wildman–Crippen MR) is 64.0 cm³/mol. The lowest BCUT2D eigenvalue weighted by Crippen LogP contribution is -2.27. The highest BCUT2D eigenvalue weighted by Crippen LogP contribution is 2.33. The van der Waals surface area contributed by atoms with Crippen LogP contribution in [0.4, 0.5) is 0 Å². The molecule has 0 nitrogen and oxygen atoms in total. The summed E-state index contributed by atoms with van der Waals surface area (Å²) in [6.45, 7) is 4.45. The van der Waals surface area contributed by atoms with Gasteiger partial charge in [0, 0.05) is 11.3 Å². The van der Waals surface area contributed by atoms with Gasteiger partial charge in [-0.05, 0) is 18.4 Å². The molecular formula is C13H19Cl. The van der Waals surface area contributed by atoms with Crippen molar-refractivity contribution < 1.29 is 0 Å². The number of rotatable bonds is 5. The van der Waals surface area contributed by atoms with E-state index in [4.69, 9.17) is 11.6 Å². The van der Waals surface area contributed by atoms with Crippen LogP contribution < -0.4 is 0 Å². The maximum Gasteiger partial charge on any atom is 0.0320 e. The van der Waals surface area contributed by atoms with Gasteiger partial charge in [-0.1, -0.05) is 50.6 Å². The van der Waals surface area contributed by atoms with Gasteiger partial charge in [-0.2, -0.15) is 0 Å². The van der Waals surface area contributed by atoms with E-state index in [0.29, 0.717) is 0 Å². The summed E-state index contributed by atoms with van der Waals surface area (Å²) in [4.78, 5) is 0. The van der Waals surface area contributed by atoms with Crippen LogP contribution in [-0.4, -0.2) is 5.88 Å². The van der Waals surface area contributed by atoms with Crippen molar-refractivity contribution in [2.75, 3.05) is 5.88 Å². The van der Waals surface area contributed by atoms with Crippen molar-refractivity contribution in [2.45, 2.75) is 38.5 Å². The molecule has 1 aromatic rings. The summed E-state index contributed by atoms with van der Waals surface area (Å²) < 4.78 is 0. The minimum atomic E-state index is 0.192. The molecule has 0 fully saturated rings. The second kappa shape index (κ2) is 5.41. The first kappa shape index (κ1) is 11.6. The summed E-state index contributed by atoms with van der Waals surface area (Å²) in [7, 11) is 0. The number of hydrogen-bond acceptors (Lipinski definition) is 0. The Morgan fingerprint density at radius 3 is 2.21 bits per heavy atom. The van der Waals surface area contributed by atoms with Crippen LogP contribution in [0, 0.1) is 0 Å². The Balaban J connectivity index is 2.98. The summed E-state index contributed by atoms with van der Waals surface area (Å²) in [5.41, 5.74) is 1.58. The Hall–Kier alpha value is -0.490. The summed E-state index contributed by atoms with van der Waals surface area (Å²) in [6, 6.07) is 10.6. The van der Waals surface area contributed by atoms with Crippen LogP contribution >= 0.6 is 11.6 Å². The van der Waals surface area contributed by atoms with Gasteiger partial charge >= 0.3 is 0 Å². The molecule has 0 saturated heterocycles. The third-order valence-electron chi connectivity index (χ3n) is 3.05. The first-order chi connectivity index (χ1) is 6.79. The molecule has 1 atom stereocenters. The minimum absolute atomic E-state index is 0.192. The van der Waals surface area contributed by atoms with Crippen molar-refractivity contribution in [2.24, 2.45) is 0 Å². The van der Waals surface area contributed by atoms with Crippen LogP contribution in [-0.2, 0) is 5.41 Å². The summed E-state index contributed by atoms with van der Waals surface area (Å²) in [5, 5.41) is 0. The van der Waals surface area contributed by atoms with Gasteiger partial charge in [0.2, 0.25) is 0 Å². The van der Waals surface area contributed by atoms with Crippen molar-refractivity contribution in [1.82, 2.24) is 0 Å². The Bertz CT molecular complexity index is 249. The van der Waals surface area contributed by atoms with E-state index in [0.717, 1.165) is 12.3 Å². The highest BCUT2D eigenvalue weighted by molar-refractivity contribution is 6.18. The van der Waals surface area contributed by atoms with E-state index in [-0.39, 0.29) is 5.41 Å². The molecule has 1 rings (SSSR count). The summed E-state index contributed by atoms with van der Waals surface area (Å²) >= 11 is 6.14. The topological polar surface area (TPSA) is 0 Å². The lowest BCUT2D eigenvalue weighted by Gasteiger charge is -2.31. The molecule has 0 amide bonds. The van der Waals surface area contributed by atoms with E-state index in [9.17, 15) is 0 Å². The molecular weight excluding hydrogens is 192 g/mol. The molecule has 0 spiro atoms. The van der Waals surface area contributed by atoms with Crippen molar-refractivity contribution in [3.05, 3.63) is 35.9 Å². The monoisotopic (exact) mass is 210 g/mol. The Morgan fingerprint density at radius 1 is 1.14 bits per heavy atom. The molecule has 78 valence electrons. The van der Waals surface area contributed by atoms with E-state index < -0.39 is 0 Å². The van der Waals surface area contributed by atoms with Gasteiger partial charge in [0.1, 0.15) is 0 Å². The standard InChI is InChI=1S/C13H19Cl/c1-3-10-13(4-2,11-14)12-8-6-5-7-9-12/h5-9H,3-4,10-11H2,1-2H3. The molecule has 1 heteroatoms. The lowest BCUT2D eigenvalue weighted by atomic mass is 9.76. The van der Waals surface area contributed by atoms with Crippen LogP contribution in [0.5, 0.6) is 0 Å². The molecule has 0 aliphatic heterocycles. The molecule has 1 aromatic carbocycles. The predicted octanol–water partition coefficient (Wildman–Crippen LogP) is 4.37. The molecule has 0 radical (unpaired) electrons. The normalized spacial score (nSPS) is 15.1. The van der Waals surface area contributed by atoms with Crippen molar-refractivity contribution in [1.29, 1.82) is 0 Å². The van der Waals surface area contributed by atoms with E-state index in [1.54, 1.807) is 0 Å². The van der Waals surface area contributed by atoms with Gasteiger partial charge in [0.15, 0.2) is 0 Å². The average molecular weight is 211 g/mol. The molecule has 1 unspecified atom stereocenters. The summed E-state index contributed by atoms with van der Waals surface area (Å²) in [5.74, 6) is 0.724. The van der Waals surface area contributed by atoms with Crippen molar-refractivity contribution >= 4 is 11.6 Å². The first-order valence-electron chi connectivity index (χ1n) is 5.40. The SMILES string of the molecule is CCCC(CC)(CCl)c1ccccc1. The zero-order valence-electron chi connectivity index (χ0n) is 9.09. The Morgan fingerprint density at radius 2 is 1.79 bits per heavy atom. The highest BCUT2D eigenvalue weighted by atomic mass is 35.5.